The summed E-state index contributed by atoms with van der Waals surface area (Å²) in [7, 11) is 0. The number of carbonyl (C=O) groups is 2. The number of amides is 3. The largest absolute Gasteiger partial charge is 0.352 e. The third-order valence-electron chi connectivity index (χ3n) is 2.60. The third kappa shape index (κ3) is 5.75. The van der Waals surface area contributed by atoms with Crippen molar-refractivity contribution in [3.05, 3.63) is 24.3 Å². The number of hydrogen-bond acceptors (Lipinski definition) is 4. The Balaban J connectivity index is 2.65. The maximum absolute atomic E-state index is 12.1. The zero-order valence-corrected chi connectivity index (χ0v) is 13.1. The minimum absolute atomic E-state index is 0.255. The summed E-state index contributed by atoms with van der Waals surface area (Å²) in [6.07, 6.45) is 4.47. The van der Waals surface area contributed by atoms with E-state index in [0.29, 0.717) is 12.1 Å². The molecule has 1 atom stereocenters. The molecule has 0 aliphatic rings. The van der Waals surface area contributed by atoms with Crippen molar-refractivity contribution < 1.29 is 9.59 Å². The lowest BCUT2D eigenvalue weighted by Gasteiger charge is -2.17. The van der Waals surface area contributed by atoms with E-state index in [1.54, 1.807) is 23.5 Å². The molecule has 1 aromatic carbocycles. The van der Waals surface area contributed by atoms with E-state index >= 15 is 0 Å². The Morgan fingerprint density at radius 2 is 1.90 bits per heavy atom. The normalized spacial score (nSPS) is 11.7. The number of primary amides is 1. The fourth-order valence-electron chi connectivity index (χ4n) is 1.58. The summed E-state index contributed by atoms with van der Waals surface area (Å²) in [6.45, 7) is 0. The maximum atomic E-state index is 12.1. The number of urea groups is 1. The van der Waals surface area contributed by atoms with Crippen LogP contribution in [0, 0.1) is 0 Å². The number of carbonyl (C=O) groups excluding carboxylic acids is 2. The van der Waals surface area contributed by atoms with Gasteiger partial charge in [0, 0.05) is 10.6 Å². The molecule has 0 aliphatic carbocycles. The highest BCUT2D eigenvalue weighted by Crippen LogP contribution is 2.17. The fourth-order valence-corrected chi connectivity index (χ4v) is 2.46. The monoisotopic (exact) mass is 313 g/mol. The van der Waals surface area contributed by atoms with Crippen molar-refractivity contribution in [1.29, 1.82) is 0 Å². The second-order valence-corrected chi connectivity index (χ2v) is 5.93. The SMILES string of the molecule is CSCC[C@H](NC(N)=O)C(=O)Nc1ccc(SC)cc1. The Hall–Kier alpha value is -1.34. The lowest BCUT2D eigenvalue weighted by Crippen LogP contribution is -2.46. The molecule has 4 N–H and O–H groups in total. The first kappa shape index (κ1) is 16.7. The number of anilines is 1. The number of nitrogens with one attached hydrogen (secondary N) is 2. The topological polar surface area (TPSA) is 84.2 Å². The average Bonchev–Trinajstić information content (AvgIpc) is 2.43. The van der Waals surface area contributed by atoms with Crippen LogP contribution < -0.4 is 16.4 Å². The van der Waals surface area contributed by atoms with Crippen molar-refractivity contribution in [3.63, 3.8) is 0 Å². The standard InChI is InChI=1S/C13H19N3O2S2/c1-19-8-7-11(16-13(14)18)12(17)15-9-3-5-10(20-2)6-4-9/h3-6,11H,7-8H2,1-2H3,(H,15,17)(H3,14,16,18)/t11-/m0/s1. The summed E-state index contributed by atoms with van der Waals surface area (Å²) < 4.78 is 0. The molecule has 3 amide bonds. The van der Waals surface area contributed by atoms with Gasteiger partial charge in [-0.15, -0.1) is 11.8 Å². The van der Waals surface area contributed by atoms with E-state index < -0.39 is 12.1 Å². The smallest absolute Gasteiger partial charge is 0.312 e. The average molecular weight is 313 g/mol. The van der Waals surface area contributed by atoms with E-state index in [4.69, 9.17) is 5.73 Å². The highest BCUT2D eigenvalue weighted by Gasteiger charge is 2.19. The lowest BCUT2D eigenvalue weighted by molar-refractivity contribution is -0.117. The molecule has 1 aromatic rings. The van der Waals surface area contributed by atoms with Gasteiger partial charge >= 0.3 is 6.03 Å². The molecule has 0 unspecified atom stereocenters. The van der Waals surface area contributed by atoms with Gasteiger partial charge in [-0.05, 0) is 49.0 Å². The van der Waals surface area contributed by atoms with Crippen LogP contribution >= 0.6 is 23.5 Å². The number of nitrogens with two attached hydrogens (primary N) is 1. The molecule has 0 aliphatic heterocycles. The fraction of sp³-hybridized carbons (Fsp3) is 0.385. The minimum Gasteiger partial charge on any atom is -0.352 e. The van der Waals surface area contributed by atoms with Crippen molar-refractivity contribution in [1.82, 2.24) is 5.32 Å². The summed E-state index contributed by atoms with van der Waals surface area (Å²) in [5, 5.41) is 5.25. The third-order valence-corrected chi connectivity index (χ3v) is 3.99. The molecule has 0 aromatic heterocycles. The summed E-state index contributed by atoms with van der Waals surface area (Å²) >= 11 is 3.24. The molecule has 0 saturated heterocycles. The van der Waals surface area contributed by atoms with Crippen LogP contribution in [0.15, 0.2) is 29.2 Å². The maximum Gasteiger partial charge on any atom is 0.312 e. The predicted molar refractivity (Wildman–Crippen MR) is 86.4 cm³/mol. The Morgan fingerprint density at radius 3 is 2.40 bits per heavy atom. The zero-order chi connectivity index (χ0) is 15.0. The Morgan fingerprint density at radius 1 is 1.25 bits per heavy atom. The van der Waals surface area contributed by atoms with Gasteiger partial charge in [0.25, 0.3) is 0 Å². The molecular weight excluding hydrogens is 294 g/mol. The van der Waals surface area contributed by atoms with Gasteiger partial charge in [-0.2, -0.15) is 11.8 Å². The first-order valence-electron chi connectivity index (χ1n) is 6.06. The predicted octanol–water partition coefficient (Wildman–Crippen LogP) is 2.14. The highest BCUT2D eigenvalue weighted by atomic mass is 32.2. The summed E-state index contributed by atoms with van der Waals surface area (Å²) in [5.74, 6) is 0.513. The highest BCUT2D eigenvalue weighted by molar-refractivity contribution is 7.98. The van der Waals surface area contributed by atoms with Crippen LogP contribution in [0.25, 0.3) is 0 Å². The van der Waals surface area contributed by atoms with E-state index in [1.165, 1.54) is 0 Å². The Labute approximate surface area is 127 Å². The van der Waals surface area contributed by atoms with Crippen LogP contribution in [0.3, 0.4) is 0 Å². The molecule has 20 heavy (non-hydrogen) atoms. The van der Waals surface area contributed by atoms with Gasteiger partial charge in [0.15, 0.2) is 0 Å². The summed E-state index contributed by atoms with van der Waals surface area (Å²) in [5.41, 5.74) is 5.80. The minimum atomic E-state index is -0.691. The first-order chi connectivity index (χ1) is 9.56. The van der Waals surface area contributed by atoms with E-state index in [2.05, 4.69) is 10.6 Å². The van der Waals surface area contributed by atoms with Crippen molar-refractivity contribution in [3.8, 4) is 0 Å². The van der Waals surface area contributed by atoms with Gasteiger partial charge < -0.3 is 16.4 Å². The van der Waals surface area contributed by atoms with Crippen molar-refractivity contribution >= 4 is 41.1 Å². The molecule has 0 heterocycles. The molecular formula is C13H19N3O2S2. The van der Waals surface area contributed by atoms with E-state index in [-0.39, 0.29) is 5.91 Å². The lowest BCUT2D eigenvalue weighted by atomic mass is 10.2. The second kappa shape index (κ2) is 8.76. The van der Waals surface area contributed by atoms with Crippen LogP contribution in [-0.4, -0.2) is 36.2 Å². The quantitative estimate of drug-likeness (QED) is 0.673. The van der Waals surface area contributed by atoms with Gasteiger partial charge in [0.05, 0.1) is 0 Å². The van der Waals surface area contributed by atoms with Crippen LogP contribution in [0.4, 0.5) is 10.5 Å². The zero-order valence-electron chi connectivity index (χ0n) is 11.5. The van der Waals surface area contributed by atoms with Gasteiger partial charge in [-0.1, -0.05) is 0 Å². The van der Waals surface area contributed by atoms with E-state index in [1.807, 2.05) is 36.8 Å². The molecule has 0 spiro atoms. The number of rotatable bonds is 7. The van der Waals surface area contributed by atoms with Crippen molar-refractivity contribution in [2.24, 2.45) is 5.73 Å². The Kier molecular flexibility index (Phi) is 7.32. The van der Waals surface area contributed by atoms with Crippen LogP contribution in [-0.2, 0) is 4.79 Å². The first-order valence-corrected chi connectivity index (χ1v) is 8.68. The molecule has 110 valence electrons. The number of hydrogen-bond donors (Lipinski definition) is 3. The Bertz CT molecular complexity index is 451. The van der Waals surface area contributed by atoms with Gasteiger partial charge in [-0.25, -0.2) is 4.79 Å². The summed E-state index contributed by atoms with van der Waals surface area (Å²) in [6, 6.07) is 6.22. The van der Waals surface area contributed by atoms with Crippen LogP contribution in [0.1, 0.15) is 6.42 Å². The van der Waals surface area contributed by atoms with Gasteiger partial charge in [-0.3, -0.25) is 4.79 Å². The van der Waals surface area contributed by atoms with Crippen LogP contribution in [0.2, 0.25) is 0 Å². The molecule has 0 bridgehead atoms. The van der Waals surface area contributed by atoms with E-state index in [0.717, 1.165) is 10.6 Å². The summed E-state index contributed by atoms with van der Waals surface area (Å²) in [4.78, 5) is 24.2. The van der Waals surface area contributed by atoms with Crippen molar-refractivity contribution in [2.75, 3.05) is 23.6 Å². The molecule has 7 heteroatoms. The van der Waals surface area contributed by atoms with Gasteiger partial charge in [0.2, 0.25) is 5.91 Å². The van der Waals surface area contributed by atoms with Crippen molar-refractivity contribution in [2.45, 2.75) is 17.4 Å². The molecule has 1 rings (SSSR count). The molecule has 0 radical (unpaired) electrons. The van der Waals surface area contributed by atoms with E-state index in [9.17, 15) is 9.59 Å². The number of thioether (sulfide) groups is 2. The molecule has 5 nitrogen and oxygen atoms in total. The number of benzene rings is 1. The molecule has 0 saturated carbocycles. The van der Waals surface area contributed by atoms with Crippen LogP contribution in [0.5, 0.6) is 0 Å². The van der Waals surface area contributed by atoms with Gasteiger partial charge in [0.1, 0.15) is 6.04 Å². The second-order valence-electron chi connectivity index (χ2n) is 4.06. The molecule has 0 fully saturated rings.